The van der Waals surface area contributed by atoms with Crippen LogP contribution in [0.1, 0.15) is 28.8 Å². The number of halogens is 2. The van der Waals surface area contributed by atoms with E-state index in [1.54, 1.807) is 32.4 Å². The first-order valence-electron chi connectivity index (χ1n) is 9.11. The van der Waals surface area contributed by atoms with Gasteiger partial charge in [0.2, 0.25) is 10.0 Å². The molecule has 0 atom stereocenters. The minimum Gasteiger partial charge on any atom is -0.496 e. The van der Waals surface area contributed by atoms with Crippen molar-refractivity contribution in [2.45, 2.75) is 24.3 Å². The van der Waals surface area contributed by atoms with Crippen LogP contribution in [0.3, 0.4) is 0 Å². The van der Waals surface area contributed by atoms with Gasteiger partial charge in [0.25, 0.3) is 5.91 Å². The molecule has 0 aromatic heterocycles. The predicted molar refractivity (Wildman–Crippen MR) is 113 cm³/mol. The maximum Gasteiger partial charge on any atom is 0.253 e. The van der Waals surface area contributed by atoms with Crippen LogP contribution in [-0.4, -0.2) is 50.8 Å². The molecule has 1 aliphatic heterocycles. The highest BCUT2D eigenvalue weighted by Gasteiger charge is 2.30. The van der Waals surface area contributed by atoms with Gasteiger partial charge in [0.1, 0.15) is 10.6 Å². The fraction of sp³-hybridized carbons (Fsp3) is 0.350. The molecule has 1 heterocycles. The van der Waals surface area contributed by atoms with Gasteiger partial charge in [0.15, 0.2) is 0 Å². The van der Waals surface area contributed by atoms with Gasteiger partial charge in [-0.05, 0) is 49.2 Å². The lowest BCUT2D eigenvalue weighted by molar-refractivity contribution is 0.0784. The molecule has 1 fully saturated rings. The van der Waals surface area contributed by atoms with Crippen LogP contribution in [0.4, 0.5) is 0 Å². The summed E-state index contributed by atoms with van der Waals surface area (Å²) >= 11 is 12.2. The summed E-state index contributed by atoms with van der Waals surface area (Å²) in [5.74, 6) is 0.282. The smallest absolute Gasteiger partial charge is 0.253 e. The van der Waals surface area contributed by atoms with Gasteiger partial charge >= 0.3 is 0 Å². The number of sulfonamides is 1. The first-order chi connectivity index (χ1) is 13.7. The summed E-state index contributed by atoms with van der Waals surface area (Å²) in [6.07, 6.45) is 1.64. The summed E-state index contributed by atoms with van der Waals surface area (Å²) in [5.41, 5.74) is 0.991. The van der Waals surface area contributed by atoms with Gasteiger partial charge in [-0.1, -0.05) is 23.2 Å². The van der Waals surface area contributed by atoms with Gasteiger partial charge in [-0.3, -0.25) is 4.79 Å². The van der Waals surface area contributed by atoms with Crippen molar-refractivity contribution in [2.24, 2.45) is 0 Å². The van der Waals surface area contributed by atoms with Gasteiger partial charge < -0.3 is 9.64 Å². The summed E-state index contributed by atoms with van der Waals surface area (Å²) in [7, 11) is -0.557. The number of carbonyl (C=O) groups excluding carboxylic acids is 1. The standard InChI is InChI=1S/C20H22Cl2N2O4S/c1-23(13-15-11-16(21)6-8-18(15)28-2)20(25)14-5-7-17(22)19(12-14)29(26,27)24-9-3-4-10-24/h5-8,11-12H,3-4,9-10,13H2,1-2H3. The van der Waals surface area contributed by atoms with Crippen molar-refractivity contribution in [3.05, 3.63) is 57.6 Å². The van der Waals surface area contributed by atoms with E-state index in [9.17, 15) is 13.2 Å². The van der Waals surface area contributed by atoms with Crippen molar-refractivity contribution < 1.29 is 17.9 Å². The predicted octanol–water partition coefficient (Wildman–Crippen LogP) is 4.06. The molecular weight excluding hydrogens is 435 g/mol. The molecule has 6 nitrogen and oxygen atoms in total. The highest BCUT2D eigenvalue weighted by Crippen LogP contribution is 2.29. The highest BCUT2D eigenvalue weighted by molar-refractivity contribution is 7.89. The molecule has 0 spiro atoms. The molecule has 0 saturated carbocycles. The van der Waals surface area contributed by atoms with Gasteiger partial charge in [-0.25, -0.2) is 8.42 Å². The average Bonchev–Trinajstić information content (AvgIpc) is 3.23. The van der Waals surface area contributed by atoms with Crippen LogP contribution in [0.25, 0.3) is 0 Å². The van der Waals surface area contributed by atoms with Crippen molar-refractivity contribution in [1.82, 2.24) is 9.21 Å². The lowest BCUT2D eigenvalue weighted by atomic mass is 10.1. The summed E-state index contributed by atoms with van der Waals surface area (Å²) in [5, 5.41) is 0.639. The number of benzene rings is 2. The van der Waals surface area contributed by atoms with Crippen molar-refractivity contribution >= 4 is 39.1 Å². The van der Waals surface area contributed by atoms with E-state index in [2.05, 4.69) is 0 Å². The maximum atomic E-state index is 12.9. The Morgan fingerprint density at radius 2 is 1.83 bits per heavy atom. The number of nitrogens with zero attached hydrogens (tertiary/aromatic N) is 2. The fourth-order valence-electron chi connectivity index (χ4n) is 3.32. The molecule has 1 saturated heterocycles. The molecule has 0 radical (unpaired) electrons. The van der Waals surface area contributed by atoms with Crippen molar-refractivity contribution in [3.8, 4) is 5.75 Å². The lowest BCUT2D eigenvalue weighted by Gasteiger charge is -2.21. The molecule has 0 N–H and O–H groups in total. The van der Waals surface area contributed by atoms with Crippen LogP contribution in [-0.2, 0) is 16.6 Å². The first-order valence-corrected chi connectivity index (χ1v) is 11.3. The quantitative estimate of drug-likeness (QED) is 0.656. The number of rotatable bonds is 6. The van der Waals surface area contributed by atoms with Crippen LogP contribution < -0.4 is 4.74 Å². The molecule has 1 amide bonds. The monoisotopic (exact) mass is 456 g/mol. The van der Waals surface area contributed by atoms with Gasteiger partial charge in [-0.2, -0.15) is 4.31 Å². The Morgan fingerprint density at radius 3 is 2.48 bits per heavy atom. The second-order valence-corrected chi connectivity index (χ2v) is 9.62. The number of amides is 1. The van der Waals surface area contributed by atoms with Crippen molar-refractivity contribution in [2.75, 3.05) is 27.2 Å². The third-order valence-electron chi connectivity index (χ3n) is 4.86. The molecule has 0 aliphatic carbocycles. The molecule has 9 heteroatoms. The van der Waals surface area contributed by atoms with E-state index in [0.29, 0.717) is 23.9 Å². The molecule has 3 rings (SSSR count). The minimum absolute atomic E-state index is 0.0411. The fourth-order valence-corrected chi connectivity index (χ4v) is 5.53. The molecule has 156 valence electrons. The third-order valence-corrected chi connectivity index (χ3v) is 7.47. The largest absolute Gasteiger partial charge is 0.496 e. The second kappa shape index (κ2) is 8.92. The van der Waals surface area contributed by atoms with Gasteiger partial charge in [0.05, 0.1) is 12.1 Å². The first kappa shape index (κ1) is 21.9. The Bertz CT molecular complexity index is 1020. The van der Waals surface area contributed by atoms with Gasteiger partial charge in [0, 0.05) is 42.8 Å². The van der Waals surface area contributed by atoms with Crippen molar-refractivity contribution in [1.29, 1.82) is 0 Å². The molecule has 0 bridgehead atoms. The number of carbonyl (C=O) groups is 1. The highest BCUT2D eigenvalue weighted by atomic mass is 35.5. The zero-order valence-electron chi connectivity index (χ0n) is 16.2. The maximum absolute atomic E-state index is 12.9. The normalized spacial score (nSPS) is 14.8. The third kappa shape index (κ3) is 4.69. The molecule has 29 heavy (non-hydrogen) atoms. The zero-order chi connectivity index (χ0) is 21.2. The van der Waals surface area contributed by atoms with E-state index in [1.165, 1.54) is 27.4 Å². The molecular formula is C20H22Cl2N2O4S. The van der Waals surface area contributed by atoms with E-state index in [-0.39, 0.29) is 27.9 Å². The summed E-state index contributed by atoms with van der Waals surface area (Å²) in [6, 6.07) is 9.50. The van der Waals surface area contributed by atoms with E-state index in [0.717, 1.165) is 18.4 Å². The van der Waals surface area contributed by atoms with E-state index < -0.39 is 10.0 Å². The topological polar surface area (TPSA) is 66.9 Å². The lowest BCUT2D eigenvalue weighted by Crippen LogP contribution is -2.29. The Hall–Kier alpha value is -1.80. The Labute approximate surface area is 181 Å². The van der Waals surface area contributed by atoms with Crippen molar-refractivity contribution in [3.63, 3.8) is 0 Å². The van der Waals surface area contributed by atoms with Crippen LogP contribution in [0, 0.1) is 0 Å². The van der Waals surface area contributed by atoms with Crippen LogP contribution >= 0.6 is 23.2 Å². The Morgan fingerprint density at radius 1 is 1.14 bits per heavy atom. The Kier molecular flexibility index (Phi) is 6.73. The SMILES string of the molecule is COc1ccc(Cl)cc1CN(C)C(=O)c1ccc(Cl)c(S(=O)(=O)N2CCCC2)c1. The molecule has 1 aliphatic rings. The molecule has 2 aromatic rings. The van der Waals surface area contributed by atoms with Crippen LogP contribution in [0.5, 0.6) is 5.75 Å². The van der Waals surface area contributed by atoms with E-state index >= 15 is 0 Å². The van der Waals surface area contributed by atoms with E-state index in [4.69, 9.17) is 27.9 Å². The Balaban J connectivity index is 1.87. The number of hydrogen-bond acceptors (Lipinski definition) is 4. The zero-order valence-corrected chi connectivity index (χ0v) is 18.5. The van der Waals surface area contributed by atoms with E-state index in [1.807, 2.05) is 0 Å². The summed E-state index contributed by atoms with van der Waals surface area (Å²) in [4.78, 5) is 14.4. The van der Waals surface area contributed by atoms with Crippen LogP contribution in [0.15, 0.2) is 41.3 Å². The second-order valence-electron chi connectivity index (χ2n) is 6.87. The number of hydrogen-bond donors (Lipinski definition) is 0. The summed E-state index contributed by atoms with van der Waals surface area (Å²) in [6.45, 7) is 1.18. The number of methoxy groups -OCH3 is 1. The average molecular weight is 457 g/mol. The summed E-state index contributed by atoms with van der Waals surface area (Å²) < 4.78 is 32.5. The van der Waals surface area contributed by atoms with Gasteiger partial charge in [-0.15, -0.1) is 0 Å². The molecule has 2 aromatic carbocycles. The molecule has 0 unspecified atom stereocenters. The number of ether oxygens (including phenoxy) is 1. The van der Waals surface area contributed by atoms with Crippen LogP contribution in [0.2, 0.25) is 10.0 Å². The minimum atomic E-state index is -3.73.